The van der Waals surface area contributed by atoms with E-state index in [9.17, 15) is 9.59 Å². The van der Waals surface area contributed by atoms with Gasteiger partial charge in [-0.1, -0.05) is 49.7 Å². The van der Waals surface area contributed by atoms with Crippen LogP contribution in [0.3, 0.4) is 0 Å². The molecule has 0 amide bonds. The van der Waals surface area contributed by atoms with E-state index in [0.717, 1.165) is 55.9 Å². The van der Waals surface area contributed by atoms with Gasteiger partial charge in [-0.25, -0.2) is 4.79 Å². The van der Waals surface area contributed by atoms with Crippen molar-refractivity contribution in [2.75, 3.05) is 59.8 Å². The van der Waals surface area contributed by atoms with Gasteiger partial charge in [-0.2, -0.15) is 9.97 Å². The number of nitrogens with zero attached hydrogens (tertiary/aromatic N) is 5. The summed E-state index contributed by atoms with van der Waals surface area (Å²) in [7, 11) is 5.56. The number of aromatic nitrogens is 4. The fourth-order valence-corrected chi connectivity index (χ4v) is 4.63. The van der Waals surface area contributed by atoms with Crippen LogP contribution in [-0.4, -0.2) is 89.3 Å². The van der Waals surface area contributed by atoms with Crippen LogP contribution in [0.15, 0.2) is 53.3 Å². The highest BCUT2D eigenvalue weighted by atomic mass is 16.5. The second kappa shape index (κ2) is 15.9. The van der Waals surface area contributed by atoms with Gasteiger partial charge in [0.2, 0.25) is 0 Å². The Bertz CT molecular complexity index is 1570. The lowest BCUT2D eigenvalue weighted by molar-refractivity contribution is -0.139. The Kier molecular flexibility index (Phi) is 11.7. The number of unbranched alkanes of at least 4 members (excludes halogenated alkanes) is 1. The number of hydrogen-bond donors (Lipinski definition) is 2. The largest absolute Gasteiger partial charge is 0.492 e. The van der Waals surface area contributed by atoms with Crippen molar-refractivity contribution in [1.29, 1.82) is 0 Å². The van der Waals surface area contributed by atoms with E-state index in [-0.39, 0.29) is 29.9 Å². The zero-order valence-corrected chi connectivity index (χ0v) is 26.0. The zero-order chi connectivity index (χ0) is 31.5. The molecule has 3 N–H and O–H groups in total. The Balaban J connectivity index is 1.24. The highest BCUT2D eigenvalue weighted by molar-refractivity contribution is 5.82. The lowest BCUT2D eigenvalue weighted by atomic mass is 10.1. The minimum absolute atomic E-state index is 0.176. The average molecular weight is 606 g/mol. The molecule has 0 fully saturated rings. The second-order valence-corrected chi connectivity index (χ2v) is 10.9. The third-order valence-electron chi connectivity index (χ3n) is 7.26. The van der Waals surface area contributed by atoms with Gasteiger partial charge in [-0.05, 0) is 49.3 Å². The molecule has 2 aromatic heterocycles. The van der Waals surface area contributed by atoms with Gasteiger partial charge in [0.15, 0.2) is 11.5 Å². The Morgan fingerprint density at radius 2 is 1.70 bits per heavy atom. The van der Waals surface area contributed by atoms with Crippen molar-refractivity contribution in [3.63, 3.8) is 0 Å². The molecule has 0 aliphatic rings. The predicted molar refractivity (Wildman–Crippen MR) is 170 cm³/mol. The Morgan fingerprint density at radius 1 is 0.955 bits per heavy atom. The van der Waals surface area contributed by atoms with Crippen molar-refractivity contribution in [3.05, 3.63) is 75.7 Å². The number of nitrogen functional groups attached to an aromatic ring is 1. The van der Waals surface area contributed by atoms with Crippen LogP contribution in [0.2, 0.25) is 0 Å². The van der Waals surface area contributed by atoms with Gasteiger partial charge in [0.1, 0.15) is 17.9 Å². The van der Waals surface area contributed by atoms with Crippen molar-refractivity contribution < 1.29 is 19.0 Å². The van der Waals surface area contributed by atoms with Crippen LogP contribution >= 0.6 is 0 Å². The van der Waals surface area contributed by atoms with E-state index in [2.05, 4.69) is 57.9 Å². The summed E-state index contributed by atoms with van der Waals surface area (Å²) in [5.74, 6) is 0.665. The molecule has 0 spiro atoms. The first-order chi connectivity index (χ1) is 21.2. The van der Waals surface area contributed by atoms with Gasteiger partial charge in [-0.15, -0.1) is 0 Å². The third kappa shape index (κ3) is 9.29. The Hall–Kier alpha value is -4.42. The van der Waals surface area contributed by atoms with Crippen LogP contribution in [0.4, 0.5) is 5.82 Å². The third-order valence-corrected chi connectivity index (χ3v) is 7.26. The highest BCUT2D eigenvalue weighted by Gasteiger charge is 2.15. The number of hydrogen-bond acceptors (Lipinski definition) is 10. The Labute approximate surface area is 257 Å². The standard InChI is InChI=1S/C32H43N7O5/c1-5-6-17-44-31-35-29(33)28-30(36-31)39(32(41)34-28)22-24-12-10-23(11-13-24)21-38(3)15-14-37(2)16-18-43-26-9-7-8-25(19-26)20-27(40)42-4/h7-13,19H,5-6,14-18,20-22H2,1-4H3,(H,34,41)(H2,33,35,36). The molecule has 0 aliphatic carbocycles. The fourth-order valence-electron chi connectivity index (χ4n) is 4.63. The van der Waals surface area contributed by atoms with Gasteiger partial charge < -0.3 is 34.7 Å². The number of nitrogens with one attached hydrogen (secondary N) is 1. The number of imidazole rings is 1. The molecule has 2 heterocycles. The maximum atomic E-state index is 12.7. The number of H-pyrrole nitrogens is 1. The van der Waals surface area contributed by atoms with Crippen LogP contribution in [0.1, 0.15) is 36.5 Å². The maximum absolute atomic E-state index is 12.7. The Morgan fingerprint density at radius 3 is 2.45 bits per heavy atom. The van der Waals surface area contributed by atoms with Crippen LogP contribution in [-0.2, 0) is 29.0 Å². The molecule has 12 heteroatoms. The van der Waals surface area contributed by atoms with Crippen molar-refractivity contribution in [2.24, 2.45) is 0 Å². The summed E-state index contributed by atoms with van der Waals surface area (Å²) in [6.45, 7) is 6.82. The fraction of sp³-hybridized carbons (Fsp3) is 0.438. The molecule has 4 rings (SSSR count). The number of ether oxygens (including phenoxy) is 3. The monoisotopic (exact) mass is 605 g/mol. The van der Waals surface area contributed by atoms with E-state index in [1.165, 1.54) is 12.7 Å². The SMILES string of the molecule is CCCCOc1nc(N)c2[nH]c(=O)n(Cc3ccc(CN(C)CCN(C)CCOc4cccc(CC(=O)OC)c4)cc3)c2n1. The van der Waals surface area contributed by atoms with Crippen LogP contribution in [0, 0.1) is 0 Å². The molecule has 0 radical (unpaired) electrons. The molecule has 0 unspecified atom stereocenters. The summed E-state index contributed by atoms with van der Waals surface area (Å²) < 4.78 is 17.8. The van der Waals surface area contributed by atoms with Crippen LogP contribution < -0.4 is 20.9 Å². The first kappa shape index (κ1) is 32.5. The number of rotatable bonds is 17. The number of fused-ring (bicyclic) bond motifs is 1. The van der Waals surface area contributed by atoms with E-state index in [0.29, 0.717) is 30.9 Å². The number of carbonyl (C=O) groups excluding carboxylic acids is 1. The molecule has 0 aliphatic heterocycles. The topological polar surface area (TPSA) is 141 Å². The predicted octanol–water partition coefficient (Wildman–Crippen LogP) is 3.09. The van der Waals surface area contributed by atoms with Crippen LogP contribution in [0.5, 0.6) is 11.8 Å². The summed E-state index contributed by atoms with van der Waals surface area (Å²) in [6, 6.07) is 15.9. The molecule has 2 aromatic carbocycles. The molecule has 0 bridgehead atoms. The summed E-state index contributed by atoms with van der Waals surface area (Å²) in [4.78, 5) is 40.1. The number of likely N-dealkylation sites (N-methyl/N-ethyl adjacent to an activating group) is 2. The molecular formula is C32H43N7O5. The van der Waals surface area contributed by atoms with E-state index < -0.39 is 0 Å². The molecule has 236 valence electrons. The zero-order valence-electron chi connectivity index (χ0n) is 26.0. The lowest BCUT2D eigenvalue weighted by Crippen LogP contribution is -2.33. The van der Waals surface area contributed by atoms with Gasteiger partial charge >= 0.3 is 17.7 Å². The minimum atomic E-state index is -0.294. The first-order valence-corrected chi connectivity index (χ1v) is 14.9. The number of carbonyl (C=O) groups is 1. The van der Waals surface area contributed by atoms with Crippen LogP contribution in [0.25, 0.3) is 11.2 Å². The second-order valence-electron chi connectivity index (χ2n) is 10.9. The first-order valence-electron chi connectivity index (χ1n) is 14.9. The number of esters is 1. The normalized spacial score (nSPS) is 11.4. The van der Waals surface area contributed by atoms with Gasteiger partial charge in [0.25, 0.3) is 0 Å². The maximum Gasteiger partial charge on any atom is 0.328 e. The van der Waals surface area contributed by atoms with E-state index in [1.807, 2.05) is 36.4 Å². The molecule has 4 aromatic rings. The van der Waals surface area contributed by atoms with Gasteiger partial charge in [0.05, 0.1) is 26.7 Å². The van der Waals surface area contributed by atoms with Gasteiger partial charge in [0, 0.05) is 26.2 Å². The number of anilines is 1. The van der Waals surface area contributed by atoms with Crippen molar-refractivity contribution >= 4 is 23.0 Å². The smallest absolute Gasteiger partial charge is 0.328 e. The average Bonchev–Trinajstić information content (AvgIpc) is 3.32. The number of benzene rings is 2. The molecule has 0 saturated carbocycles. The van der Waals surface area contributed by atoms with Gasteiger partial charge in [-0.3, -0.25) is 9.36 Å². The van der Waals surface area contributed by atoms with Crippen molar-refractivity contribution in [1.82, 2.24) is 29.3 Å². The number of nitrogens with two attached hydrogens (primary N) is 1. The molecule has 0 saturated heterocycles. The summed E-state index contributed by atoms with van der Waals surface area (Å²) in [5, 5.41) is 0. The van der Waals surface area contributed by atoms with E-state index in [1.54, 1.807) is 4.57 Å². The van der Waals surface area contributed by atoms with Crippen molar-refractivity contribution in [2.45, 2.75) is 39.3 Å². The molecule has 12 nitrogen and oxygen atoms in total. The highest BCUT2D eigenvalue weighted by Crippen LogP contribution is 2.19. The summed E-state index contributed by atoms with van der Waals surface area (Å²) in [6.07, 6.45) is 2.10. The number of aromatic amines is 1. The quantitative estimate of drug-likeness (QED) is 0.136. The lowest BCUT2D eigenvalue weighted by Gasteiger charge is -2.22. The van der Waals surface area contributed by atoms with E-state index >= 15 is 0 Å². The molecule has 44 heavy (non-hydrogen) atoms. The number of methoxy groups -OCH3 is 1. The summed E-state index contributed by atoms with van der Waals surface area (Å²) >= 11 is 0. The summed E-state index contributed by atoms with van der Waals surface area (Å²) in [5.41, 5.74) is 9.64. The van der Waals surface area contributed by atoms with E-state index in [4.69, 9.17) is 19.9 Å². The minimum Gasteiger partial charge on any atom is -0.492 e. The molecule has 0 atom stereocenters. The van der Waals surface area contributed by atoms with Crippen molar-refractivity contribution in [3.8, 4) is 11.8 Å². The molecular weight excluding hydrogens is 562 g/mol.